The van der Waals surface area contributed by atoms with Gasteiger partial charge < -0.3 is 29.0 Å². The van der Waals surface area contributed by atoms with Gasteiger partial charge in [0.05, 0.1) is 25.5 Å². The molecular weight excluding hydrogens is 364 g/mol. The molecule has 0 aliphatic carbocycles. The van der Waals surface area contributed by atoms with Crippen molar-refractivity contribution in [1.29, 1.82) is 0 Å². The molecule has 4 heterocycles. The Hall–Kier alpha value is -1.97. The van der Waals surface area contributed by atoms with E-state index in [2.05, 4.69) is 10.3 Å². The summed E-state index contributed by atoms with van der Waals surface area (Å²) in [6, 6.07) is 0. The van der Waals surface area contributed by atoms with Gasteiger partial charge in [-0.2, -0.15) is 0 Å². The zero-order chi connectivity index (χ0) is 19.6. The van der Waals surface area contributed by atoms with Gasteiger partial charge in [-0.15, -0.1) is 0 Å². The predicted octanol–water partition coefficient (Wildman–Crippen LogP) is 0.575. The third-order valence-electron chi connectivity index (χ3n) is 5.74. The molecule has 1 N–H and O–H groups in total. The Bertz CT molecular complexity index is 731. The first kappa shape index (κ1) is 19.4. The molecule has 0 bridgehead atoms. The van der Waals surface area contributed by atoms with E-state index in [1.54, 1.807) is 12.0 Å². The van der Waals surface area contributed by atoms with Crippen LogP contribution in [0.5, 0.6) is 0 Å². The average Bonchev–Trinajstić information content (AvgIpc) is 3.33. The third kappa shape index (κ3) is 3.66. The molecule has 9 nitrogen and oxygen atoms in total. The number of nitrogens with zero attached hydrogens (tertiary/aromatic N) is 3. The highest BCUT2D eigenvalue weighted by molar-refractivity contribution is 5.97. The second-order valence-electron chi connectivity index (χ2n) is 7.49. The fourth-order valence-electron chi connectivity index (χ4n) is 4.22. The van der Waals surface area contributed by atoms with E-state index in [0.717, 1.165) is 25.0 Å². The normalized spacial score (nSPS) is 21.0. The van der Waals surface area contributed by atoms with Crippen LogP contribution in [0.2, 0.25) is 0 Å². The van der Waals surface area contributed by atoms with Crippen LogP contribution >= 0.6 is 0 Å². The largest absolute Gasteiger partial charge is 0.383 e. The quantitative estimate of drug-likeness (QED) is 0.737. The molecule has 28 heavy (non-hydrogen) atoms. The van der Waals surface area contributed by atoms with E-state index in [9.17, 15) is 9.59 Å². The Labute approximate surface area is 164 Å². The summed E-state index contributed by atoms with van der Waals surface area (Å²) in [6.45, 7) is 3.93. The van der Waals surface area contributed by atoms with E-state index in [-0.39, 0.29) is 11.8 Å². The number of ether oxygens (including phenoxy) is 3. The van der Waals surface area contributed by atoms with Crippen LogP contribution in [0.3, 0.4) is 0 Å². The molecule has 0 saturated carbocycles. The zero-order valence-electron chi connectivity index (χ0n) is 16.4. The van der Waals surface area contributed by atoms with Crippen molar-refractivity contribution >= 4 is 11.8 Å². The lowest BCUT2D eigenvalue weighted by atomic mass is 10.0. The minimum Gasteiger partial charge on any atom is -0.383 e. The third-order valence-corrected chi connectivity index (χ3v) is 5.74. The van der Waals surface area contributed by atoms with Crippen LogP contribution in [0.25, 0.3) is 0 Å². The van der Waals surface area contributed by atoms with Gasteiger partial charge in [0.1, 0.15) is 5.69 Å². The van der Waals surface area contributed by atoms with Gasteiger partial charge in [-0.25, -0.2) is 4.98 Å². The highest BCUT2D eigenvalue weighted by atomic mass is 16.7. The molecule has 2 fully saturated rings. The minimum atomic E-state index is -0.517. The number of nitrogens with one attached hydrogen (secondary N) is 1. The highest BCUT2D eigenvalue weighted by Gasteiger charge is 2.41. The van der Waals surface area contributed by atoms with Gasteiger partial charge >= 0.3 is 0 Å². The number of hydrogen-bond acceptors (Lipinski definition) is 6. The Morgan fingerprint density at radius 3 is 2.64 bits per heavy atom. The molecule has 0 aromatic carbocycles. The summed E-state index contributed by atoms with van der Waals surface area (Å²) in [5.41, 5.74) is 1.29. The van der Waals surface area contributed by atoms with Crippen molar-refractivity contribution in [1.82, 2.24) is 19.8 Å². The molecule has 0 atom stereocenters. The number of likely N-dealkylation sites (tertiary alicyclic amines) is 1. The van der Waals surface area contributed by atoms with Gasteiger partial charge in [-0.05, 0) is 19.3 Å². The fourth-order valence-corrected chi connectivity index (χ4v) is 4.22. The Morgan fingerprint density at radius 2 is 1.93 bits per heavy atom. The van der Waals surface area contributed by atoms with Crippen LogP contribution in [0, 0.1) is 0 Å². The molecule has 4 rings (SSSR count). The Balaban J connectivity index is 1.50. The first-order chi connectivity index (χ1) is 13.6. The topological polar surface area (TPSA) is 94.9 Å². The Morgan fingerprint density at radius 1 is 1.18 bits per heavy atom. The number of piperidine rings is 1. The van der Waals surface area contributed by atoms with Crippen molar-refractivity contribution in [2.75, 3.05) is 46.6 Å². The van der Waals surface area contributed by atoms with Crippen molar-refractivity contribution in [2.45, 2.75) is 44.4 Å². The molecule has 1 spiro atoms. The smallest absolute Gasteiger partial charge is 0.287 e. The van der Waals surface area contributed by atoms with Crippen LogP contribution in [-0.2, 0) is 27.2 Å². The number of aromatic nitrogens is 2. The summed E-state index contributed by atoms with van der Waals surface area (Å²) in [5.74, 6) is -0.555. The van der Waals surface area contributed by atoms with Gasteiger partial charge in [-0.3, -0.25) is 9.59 Å². The number of methoxy groups -OCH3 is 1. The lowest BCUT2D eigenvalue weighted by molar-refractivity contribution is -0.181. The molecule has 3 aliphatic heterocycles. The Kier molecular flexibility index (Phi) is 5.65. The first-order valence-electron chi connectivity index (χ1n) is 10.1. The molecule has 0 radical (unpaired) electrons. The molecule has 9 heteroatoms. The fraction of sp³-hybridized carbons (Fsp3) is 0.737. The summed E-state index contributed by atoms with van der Waals surface area (Å²) < 4.78 is 18.4. The van der Waals surface area contributed by atoms with Crippen molar-refractivity contribution in [3.63, 3.8) is 0 Å². The number of carbonyl (C=O) groups excluding carboxylic acids is 2. The van der Waals surface area contributed by atoms with Gasteiger partial charge in [0, 0.05) is 46.1 Å². The molecule has 1 aromatic heterocycles. The number of fused-ring (bicyclic) bond motifs is 1. The van der Waals surface area contributed by atoms with Crippen LogP contribution in [-0.4, -0.2) is 78.6 Å². The van der Waals surface area contributed by atoms with Crippen molar-refractivity contribution in [3.8, 4) is 0 Å². The molecular formula is C19H28N4O5. The minimum absolute atomic E-state index is 0.102. The molecule has 1 aromatic rings. The average molecular weight is 392 g/mol. The van der Waals surface area contributed by atoms with Gasteiger partial charge in [0.2, 0.25) is 0 Å². The molecule has 154 valence electrons. The lowest BCUT2D eigenvalue weighted by Gasteiger charge is -2.37. The maximum Gasteiger partial charge on any atom is 0.287 e. The van der Waals surface area contributed by atoms with Gasteiger partial charge in [-0.1, -0.05) is 0 Å². The number of imidazole rings is 1. The number of hydrogen-bond donors (Lipinski definition) is 1. The van der Waals surface area contributed by atoms with Crippen LogP contribution in [0.4, 0.5) is 0 Å². The van der Waals surface area contributed by atoms with Crippen molar-refractivity contribution in [2.24, 2.45) is 0 Å². The van der Waals surface area contributed by atoms with Crippen LogP contribution < -0.4 is 5.32 Å². The monoisotopic (exact) mass is 392 g/mol. The first-order valence-corrected chi connectivity index (χ1v) is 10.1. The van der Waals surface area contributed by atoms with Gasteiger partial charge in [0.25, 0.3) is 11.8 Å². The molecule has 0 unspecified atom stereocenters. The van der Waals surface area contributed by atoms with E-state index >= 15 is 0 Å². The molecule has 3 aliphatic rings. The van der Waals surface area contributed by atoms with Gasteiger partial charge in [0.15, 0.2) is 11.6 Å². The van der Waals surface area contributed by atoms with Crippen LogP contribution in [0.15, 0.2) is 0 Å². The standard InChI is InChI=1S/C19H28N4O5/c1-26-11-7-20-17(24)16-21-15(14-4-2-3-8-23(14)16)18(25)22-9-5-19(6-10-22)27-12-13-28-19/h2-13H2,1H3,(H,20,24). The molecule has 2 saturated heterocycles. The van der Waals surface area contributed by atoms with Crippen LogP contribution in [0.1, 0.15) is 52.5 Å². The second kappa shape index (κ2) is 8.18. The zero-order valence-corrected chi connectivity index (χ0v) is 16.4. The lowest BCUT2D eigenvalue weighted by Crippen LogP contribution is -2.47. The van der Waals surface area contributed by atoms with Crippen molar-refractivity contribution < 1.29 is 23.8 Å². The number of carbonyl (C=O) groups is 2. The van der Waals surface area contributed by atoms with E-state index in [1.165, 1.54) is 0 Å². The number of amides is 2. The maximum atomic E-state index is 13.2. The highest BCUT2D eigenvalue weighted by Crippen LogP contribution is 2.32. The van der Waals surface area contributed by atoms with E-state index in [1.807, 2.05) is 4.57 Å². The number of rotatable bonds is 5. The summed E-state index contributed by atoms with van der Waals surface area (Å²) in [6.07, 6.45) is 4.08. The second-order valence-corrected chi connectivity index (χ2v) is 7.49. The SMILES string of the molecule is COCCNC(=O)c1nc(C(=O)N2CCC3(CC2)OCCO3)c2n1CCCC2. The molecule has 2 amide bonds. The summed E-state index contributed by atoms with van der Waals surface area (Å²) >= 11 is 0. The predicted molar refractivity (Wildman–Crippen MR) is 99.1 cm³/mol. The maximum absolute atomic E-state index is 13.2. The summed E-state index contributed by atoms with van der Waals surface area (Å²) in [4.78, 5) is 32.1. The van der Waals surface area contributed by atoms with Crippen molar-refractivity contribution in [3.05, 3.63) is 17.2 Å². The van der Waals surface area contributed by atoms with E-state index < -0.39 is 5.79 Å². The van der Waals surface area contributed by atoms with E-state index in [4.69, 9.17) is 14.2 Å². The summed E-state index contributed by atoms with van der Waals surface area (Å²) in [7, 11) is 1.59. The van der Waals surface area contributed by atoms with E-state index in [0.29, 0.717) is 70.4 Å². The summed E-state index contributed by atoms with van der Waals surface area (Å²) in [5, 5.41) is 2.81.